The van der Waals surface area contributed by atoms with Crippen LogP contribution in [-0.4, -0.2) is 66.5 Å². The quantitative estimate of drug-likeness (QED) is 0.470. The minimum atomic E-state index is -1.20. The number of β-lactam (4-membered cyclic amide) rings is 1. The van der Waals surface area contributed by atoms with Crippen LogP contribution in [0.3, 0.4) is 0 Å². The van der Waals surface area contributed by atoms with Crippen molar-refractivity contribution in [3.05, 3.63) is 71.4 Å². The first kappa shape index (κ1) is 22.0. The number of ether oxygens (including phenoxy) is 1. The van der Waals surface area contributed by atoms with E-state index in [1.807, 2.05) is 41.3 Å². The summed E-state index contributed by atoms with van der Waals surface area (Å²) in [6.45, 7) is 1.96. The van der Waals surface area contributed by atoms with Crippen LogP contribution in [0.5, 0.6) is 0 Å². The third-order valence-corrected chi connectivity index (χ3v) is 6.57. The van der Waals surface area contributed by atoms with Gasteiger partial charge >= 0.3 is 11.9 Å². The molecule has 0 saturated carbocycles. The summed E-state index contributed by atoms with van der Waals surface area (Å²) in [5.74, 6) is -1.64. The Morgan fingerprint density at radius 1 is 1.16 bits per heavy atom. The molecule has 1 amide bonds. The molecule has 2 atom stereocenters. The summed E-state index contributed by atoms with van der Waals surface area (Å²) in [4.78, 5) is 48.4. The summed E-state index contributed by atoms with van der Waals surface area (Å²) in [6, 6.07) is 10.7. The van der Waals surface area contributed by atoms with Crippen molar-refractivity contribution >= 4 is 29.6 Å². The number of rotatable bonds is 8. The molecule has 1 N–H and O–H groups in total. The average molecular weight is 455 g/mol. The Hall–Kier alpha value is -3.24. The maximum Gasteiger partial charge on any atom is 0.352 e. The van der Waals surface area contributed by atoms with Gasteiger partial charge < -0.3 is 9.84 Å². The fourth-order valence-electron chi connectivity index (χ4n) is 3.82. The maximum atomic E-state index is 13.2. The van der Waals surface area contributed by atoms with E-state index < -0.39 is 18.0 Å². The highest BCUT2D eigenvalue weighted by molar-refractivity contribution is 8.00. The van der Waals surface area contributed by atoms with Gasteiger partial charge in [-0.1, -0.05) is 12.1 Å². The van der Waals surface area contributed by atoms with E-state index in [0.717, 1.165) is 11.4 Å². The molecule has 1 fully saturated rings. The van der Waals surface area contributed by atoms with E-state index in [2.05, 4.69) is 9.97 Å². The Morgan fingerprint density at radius 2 is 1.78 bits per heavy atom. The zero-order valence-corrected chi connectivity index (χ0v) is 18.2. The predicted octanol–water partition coefficient (Wildman–Crippen LogP) is 1.66. The molecule has 0 bridgehead atoms. The molecule has 4 rings (SSSR count). The molecule has 0 spiro atoms. The smallest absolute Gasteiger partial charge is 0.352 e. The highest BCUT2D eigenvalue weighted by Gasteiger charge is 2.55. The topological polar surface area (TPSA) is 113 Å². The van der Waals surface area contributed by atoms with Crippen LogP contribution in [0.4, 0.5) is 0 Å². The largest absolute Gasteiger partial charge is 0.477 e. The van der Waals surface area contributed by atoms with Crippen LogP contribution in [0.1, 0.15) is 18.3 Å². The molecule has 32 heavy (non-hydrogen) atoms. The van der Waals surface area contributed by atoms with Crippen LogP contribution in [0.2, 0.25) is 0 Å². The molecule has 1 saturated heterocycles. The molecule has 166 valence electrons. The van der Waals surface area contributed by atoms with E-state index in [0.29, 0.717) is 24.4 Å². The highest BCUT2D eigenvalue weighted by Crippen LogP contribution is 2.43. The molecule has 0 radical (unpaired) electrons. The zero-order valence-electron chi connectivity index (χ0n) is 17.4. The van der Waals surface area contributed by atoms with Gasteiger partial charge in [0.05, 0.1) is 11.4 Å². The average Bonchev–Trinajstić information content (AvgIpc) is 2.78. The number of carboxylic acid groups (broad SMARTS) is 1. The van der Waals surface area contributed by atoms with Crippen LogP contribution in [0.15, 0.2) is 60.1 Å². The second kappa shape index (κ2) is 9.49. The van der Waals surface area contributed by atoms with Crippen LogP contribution in [-0.2, 0) is 32.2 Å². The van der Waals surface area contributed by atoms with Crippen molar-refractivity contribution in [2.45, 2.75) is 31.4 Å². The first-order valence-corrected chi connectivity index (χ1v) is 11.1. The Balaban J connectivity index is 1.60. The maximum absolute atomic E-state index is 13.2. The molecule has 2 aromatic heterocycles. The molecule has 2 unspecified atom stereocenters. The SMILES string of the molecule is CC(=O)OCC1=C(C(=O)O)N2C(=O)C(N(Cc3ccccn3)Cc3ccccn3)C2SC1. The summed E-state index contributed by atoms with van der Waals surface area (Å²) < 4.78 is 5.00. The molecule has 0 aromatic carbocycles. The first-order valence-electron chi connectivity index (χ1n) is 10.0. The van der Waals surface area contributed by atoms with E-state index in [1.54, 1.807) is 12.4 Å². The number of fused-ring (bicyclic) bond motifs is 1. The van der Waals surface area contributed by atoms with E-state index in [4.69, 9.17) is 4.74 Å². The predicted molar refractivity (Wildman–Crippen MR) is 116 cm³/mol. The van der Waals surface area contributed by atoms with Gasteiger partial charge in [0, 0.05) is 43.7 Å². The number of esters is 1. The van der Waals surface area contributed by atoms with Gasteiger partial charge in [0.1, 0.15) is 23.7 Å². The van der Waals surface area contributed by atoms with Crippen LogP contribution >= 0.6 is 11.8 Å². The molecular weight excluding hydrogens is 432 g/mol. The van der Waals surface area contributed by atoms with Crippen molar-refractivity contribution in [3.8, 4) is 0 Å². The molecular formula is C22H22N4O5S. The number of carboxylic acids is 1. The normalized spacial score (nSPS) is 20.1. The number of thioether (sulfide) groups is 1. The van der Waals surface area contributed by atoms with Gasteiger partial charge in [0.15, 0.2) is 0 Å². The van der Waals surface area contributed by atoms with Crippen LogP contribution < -0.4 is 0 Å². The van der Waals surface area contributed by atoms with Gasteiger partial charge in [-0.3, -0.25) is 29.4 Å². The highest BCUT2D eigenvalue weighted by atomic mass is 32.2. The third-order valence-electron chi connectivity index (χ3n) is 5.25. The van der Waals surface area contributed by atoms with Gasteiger partial charge in [0.25, 0.3) is 0 Å². The summed E-state index contributed by atoms with van der Waals surface area (Å²) in [6.07, 6.45) is 3.40. The third kappa shape index (κ3) is 4.51. The molecule has 4 heterocycles. The van der Waals surface area contributed by atoms with Gasteiger partial charge in [0.2, 0.25) is 5.91 Å². The Morgan fingerprint density at radius 3 is 2.28 bits per heavy atom. The molecule has 10 heteroatoms. The number of nitrogens with zero attached hydrogens (tertiary/aromatic N) is 4. The number of carbonyl (C=O) groups is 3. The minimum absolute atomic E-state index is 0.0909. The lowest BCUT2D eigenvalue weighted by Gasteiger charge is -2.52. The number of carbonyl (C=O) groups excluding carboxylic acids is 2. The molecule has 2 aromatic rings. The van der Waals surface area contributed by atoms with Gasteiger partial charge in [-0.15, -0.1) is 11.8 Å². The van der Waals surface area contributed by atoms with Crippen molar-refractivity contribution in [2.75, 3.05) is 12.4 Å². The number of hydrogen-bond acceptors (Lipinski definition) is 8. The van der Waals surface area contributed by atoms with Crippen molar-refractivity contribution in [2.24, 2.45) is 0 Å². The monoisotopic (exact) mass is 454 g/mol. The lowest BCUT2D eigenvalue weighted by atomic mass is 10.0. The van der Waals surface area contributed by atoms with Crippen LogP contribution in [0, 0.1) is 0 Å². The lowest BCUT2D eigenvalue weighted by Crippen LogP contribution is -2.70. The summed E-state index contributed by atoms with van der Waals surface area (Å²) in [5, 5.41) is 9.41. The van der Waals surface area contributed by atoms with E-state index in [-0.39, 0.29) is 23.6 Å². The number of pyridine rings is 2. The van der Waals surface area contributed by atoms with E-state index in [9.17, 15) is 19.5 Å². The second-order valence-electron chi connectivity index (χ2n) is 7.44. The van der Waals surface area contributed by atoms with E-state index >= 15 is 0 Å². The molecule has 2 aliphatic heterocycles. The number of hydrogen-bond donors (Lipinski definition) is 1. The van der Waals surface area contributed by atoms with Crippen molar-refractivity contribution < 1.29 is 24.2 Å². The number of aromatic nitrogens is 2. The fraction of sp³-hybridized carbons (Fsp3) is 0.318. The van der Waals surface area contributed by atoms with Crippen LogP contribution in [0.25, 0.3) is 0 Å². The summed E-state index contributed by atoms with van der Waals surface area (Å²) >= 11 is 1.47. The van der Waals surface area contributed by atoms with Crippen molar-refractivity contribution in [1.29, 1.82) is 0 Å². The van der Waals surface area contributed by atoms with Gasteiger partial charge in [-0.05, 0) is 24.3 Å². The summed E-state index contributed by atoms with van der Waals surface area (Å²) in [7, 11) is 0. The van der Waals surface area contributed by atoms with Crippen molar-refractivity contribution in [3.63, 3.8) is 0 Å². The van der Waals surface area contributed by atoms with Gasteiger partial charge in [-0.25, -0.2) is 4.79 Å². The first-order chi connectivity index (χ1) is 15.5. The molecule has 2 aliphatic rings. The van der Waals surface area contributed by atoms with E-state index in [1.165, 1.54) is 23.6 Å². The Kier molecular flexibility index (Phi) is 6.52. The standard InChI is InChI=1S/C22H22N4O5S/c1-14(27)31-12-15-13-32-21-19(20(28)26(21)18(15)22(29)30)25(10-16-6-2-4-8-23-16)11-17-7-3-5-9-24-17/h2-9,19,21H,10-13H2,1H3,(H,29,30). The Bertz CT molecular complexity index is 1010. The lowest BCUT2D eigenvalue weighted by molar-refractivity contribution is -0.155. The zero-order chi connectivity index (χ0) is 22.7. The molecule has 0 aliphatic carbocycles. The minimum Gasteiger partial charge on any atom is -0.477 e. The second-order valence-corrected chi connectivity index (χ2v) is 8.54. The summed E-state index contributed by atoms with van der Waals surface area (Å²) in [5.41, 5.74) is 1.94. The fourth-order valence-corrected chi connectivity index (χ4v) is 5.24. The van der Waals surface area contributed by atoms with Gasteiger partial charge in [-0.2, -0.15) is 0 Å². The number of amides is 1. The van der Waals surface area contributed by atoms with Crippen molar-refractivity contribution in [1.82, 2.24) is 19.8 Å². The Labute approximate surface area is 189 Å². The number of aliphatic carboxylic acids is 1. The molecule has 9 nitrogen and oxygen atoms in total.